The first-order valence-electron chi connectivity index (χ1n) is 4.80. The summed E-state index contributed by atoms with van der Waals surface area (Å²) < 4.78 is 0. The first kappa shape index (κ1) is 7.79. The molecule has 4 heteroatoms. The molecular formula is C10H11N4. The molecule has 0 atom stereocenters. The molecular weight excluding hydrogens is 176 g/mol. The van der Waals surface area contributed by atoms with Crippen molar-refractivity contribution in [1.82, 2.24) is 15.0 Å². The number of nitrogens with one attached hydrogen (secondary N) is 1. The summed E-state index contributed by atoms with van der Waals surface area (Å²) in [6.45, 7) is 2.06. The molecule has 0 unspecified atom stereocenters. The first-order valence-corrected chi connectivity index (χ1v) is 4.80. The topological polar surface area (TPSA) is 44.8 Å². The van der Waals surface area contributed by atoms with Crippen LogP contribution in [0.2, 0.25) is 0 Å². The standard InChI is InChI=1S/C10H11N4/c1-2-6-14(5-1)10-8-3-4-11-9(8)12-7-13-10/h1,3-4,7H,2,5-6H2,(H,11,12,13). The van der Waals surface area contributed by atoms with E-state index in [-0.39, 0.29) is 0 Å². The highest BCUT2D eigenvalue weighted by Crippen LogP contribution is 2.24. The minimum absolute atomic E-state index is 0.918. The summed E-state index contributed by atoms with van der Waals surface area (Å²) in [5, 5.41) is 1.11. The molecule has 0 spiro atoms. The van der Waals surface area contributed by atoms with E-state index in [0.29, 0.717) is 0 Å². The second kappa shape index (κ2) is 2.97. The van der Waals surface area contributed by atoms with Crippen LogP contribution in [0.25, 0.3) is 11.0 Å². The summed E-state index contributed by atoms with van der Waals surface area (Å²) in [6, 6.07) is 2.03. The second-order valence-corrected chi connectivity index (χ2v) is 3.46. The van der Waals surface area contributed by atoms with Crippen molar-refractivity contribution in [2.45, 2.75) is 6.42 Å². The van der Waals surface area contributed by atoms with E-state index in [1.54, 1.807) is 6.33 Å². The van der Waals surface area contributed by atoms with Gasteiger partial charge in [-0.05, 0) is 18.9 Å². The molecule has 2 aromatic rings. The van der Waals surface area contributed by atoms with Gasteiger partial charge in [-0.15, -0.1) is 0 Å². The van der Waals surface area contributed by atoms with Gasteiger partial charge in [-0.3, -0.25) is 0 Å². The van der Waals surface area contributed by atoms with Crippen molar-refractivity contribution in [3.63, 3.8) is 0 Å². The van der Waals surface area contributed by atoms with Crippen molar-refractivity contribution in [3.8, 4) is 0 Å². The number of aromatic amines is 1. The highest BCUT2D eigenvalue weighted by atomic mass is 15.2. The van der Waals surface area contributed by atoms with Crippen molar-refractivity contribution >= 4 is 16.9 Å². The van der Waals surface area contributed by atoms with Gasteiger partial charge < -0.3 is 9.88 Å². The average molecular weight is 187 g/mol. The second-order valence-electron chi connectivity index (χ2n) is 3.46. The normalized spacial score (nSPS) is 16.7. The molecule has 1 radical (unpaired) electrons. The fourth-order valence-electron chi connectivity index (χ4n) is 1.89. The highest BCUT2D eigenvalue weighted by Gasteiger charge is 2.16. The Morgan fingerprint density at radius 2 is 2.36 bits per heavy atom. The number of H-pyrrole nitrogens is 1. The van der Waals surface area contributed by atoms with Crippen LogP contribution >= 0.6 is 0 Å². The van der Waals surface area contributed by atoms with Gasteiger partial charge in [-0.2, -0.15) is 0 Å². The van der Waals surface area contributed by atoms with E-state index in [0.717, 1.165) is 36.4 Å². The summed E-state index contributed by atoms with van der Waals surface area (Å²) in [6.07, 6.45) is 6.95. The fourth-order valence-corrected chi connectivity index (χ4v) is 1.89. The molecule has 71 valence electrons. The lowest BCUT2D eigenvalue weighted by molar-refractivity contribution is 0.940. The summed E-state index contributed by atoms with van der Waals surface area (Å²) in [7, 11) is 0. The van der Waals surface area contributed by atoms with E-state index in [1.807, 2.05) is 12.3 Å². The van der Waals surface area contributed by atoms with Crippen LogP contribution in [0.5, 0.6) is 0 Å². The van der Waals surface area contributed by atoms with Crippen LogP contribution in [0.1, 0.15) is 6.42 Å². The Morgan fingerprint density at radius 1 is 1.36 bits per heavy atom. The molecule has 1 fully saturated rings. The number of fused-ring (bicyclic) bond motifs is 1. The number of hydrogen-bond acceptors (Lipinski definition) is 3. The van der Waals surface area contributed by atoms with Crippen LogP contribution in [0.4, 0.5) is 5.82 Å². The van der Waals surface area contributed by atoms with E-state index in [9.17, 15) is 0 Å². The van der Waals surface area contributed by atoms with Crippen molar-refractivity contribution in [2.24, 2.45) is 0 Å². The summed E-state index contributed by atoms with van der Waals surface area (Å²) >= 11 is 0. The SMILES string of the molecule is [CH]1CCN(c2ncnc3[nH]ccc23)C1. The molecule has 1 aliphatic rings. The molecule has 0 aromatic carbocycles. The maximum Gasteiger partial charge on any atom is 0.142 e. The zero-order valence-corrected chi connectivity index (χ0v) is 7.77. The van der Waals surface area contributed by atoms with Gasteiger partial charge in [-0.1, -0.05) is 0 Å². The quantitative estimate of drug-likeness (QED) is 0.733. The van der Waals surface area contributed by atoms with E-state index in [4.69, 9.17) is 0 Å². The number of anilines is 1. The Hall–Kier alpha value is -1.58. The van der Waals surface area contributed by atoms with Gasteiger partial charge in [0.15, 0.2) is 0 Å². The van der Waals surface area contributed by atoms with Gasteiger partial charge in [0.25, 0.3) is 0 Å². The van der Waals surface area contributed by atoms with E-state index < -0.39 is 0 Å². The number of aromatic nitrogens is 3. The van der Waals surface area contributed by atoms with E-state index in [2.05, 4.69) is 26.3 Å². The zero-order valence-electron chi connectivity index (χ0n) is 7.77. The molecule has 1 N–H and O–H groups in total. The Morgan fingerprint density at radius 3 is 3.21 bits per heavy atom. The van der Waals surface area contributed by atoms with Gasteiger partial charge in [0.1, 0.15) is 17.8 Å². The third-order valence-electron chi connectivity index (χ3n) is 2.59. The lowest BCUT2D eigenvalue weighted by atomic mass is 10.3. The van der Waals surface area contributed by atoms with Crippen LogP contribution in [0.3, 0.4) is 0 Å². The molecule has 3 rings (SSSR count). The van der Waals surface area contributed by atoms with Crippen molar-refractivity contribution in [1.29, 1.82) is 0 Å². The largest absolute Gasteiger partial charge is 0.356 e. The minimum atomic E-state index is 0.918. The summed E-state index contributed by atoms with van der Waals surface area (Å²) in [4.78, 5) is 13.9. The van der Waals surface area contributed by atoms with Crippen molar-refractivity contribution in [3.05, 3.63) is 25.0 Å². The van der Waals surface area contributed by atoms with Crippen LogP contribution in [0, 0.1) is 6.42 Å². The Bertz CT molecular complexity index is 442. The lowest BCUT2D eigenvalue weighted by Gasteiger charge is -2.16. The van der Waals surface area contributed by atoms with Gasteiger partial charge in [-0.25, -0.2) is 9.97 Å². The minimum Gasteiger partial charge on any atom is -0.356 e. The predicted octanol–water partition coefficient (Wildman–Crippen LogP) is 1.37. The molecule has 14 heavy (non-hydrogen) atoms. The van der Waals surface area contributed by atoms with Crippen LogP contribution in [-0.4, -0.2) is 28.0 Å². The predicted molar refractivity (Wildman–Crippen MR) is 55.0 cm³/mol. The molecule has 1 saturated heterocycles. The highest BCUT2D eigenvalue weighted by molar-refractivity contribution is 5.87. The molecule has 0 bridgehead atoms. The molecule has 0 aliphatic carbocycles. The average Bonchev–Trinajstić information content (AvgIpc) is 2.88. The monoisotopic (exact) mass is 187 g/mol. The molecule has 2 aromatic heterocycles. The molecule has 0 saturated carbocycles. The third-order valence-corrected chi connectivity index (χ3v) is 2.59. The zero-order chi connectivity index (χ0) is 9.38. The number of nitrogens with zero attached hydrogens (tertiary/aromatic N) is 3. The van der Waals surface area contributed by atoms with Crippen LogP contribution < -0.4 is 4.90 Å². The molecule has 0 amide bonds. The Balaban J connectivity index is 2.14. The van der Waals surface area contributed by atoms with Crippen molar-refractivity contribution < 1.29 is 0 Å². The number of rotatable bonds is 1. The van der Waals surface area contributed by atoms with Gasteiger partial charge >= 0.3 is 0 Å². The van der Waals surface area contributed by atoms with Crippen molar-refractivity contribution in [2.75, 3.05) is 18.0 Å². The van der Waals surface area contributed by atoms with Gasteiger partial charge in [0.05, 0.1) is 5.39 Å². The Labute approximate surface area is 82.0 Å². The maximum atomic E-state index is 4.34. The molecule has 4 nitrogen and oxygen atoms in total. The third kappa shape index (κ3) is 1.07. The Kier molecular flexibility index (Phi) is 1.65. The molecule has 1 aliphatic heterocycles. The van der Waals surface area contributed by atoms with E-state index >= 15 is 0 Å². The smallest absolute Gasteiger partial charge is 0.142 e. The molecule has 3 heterocycles. The number of hydrogen-bond donors (Lipinski definition) is 1. The van der Waals surface area contributed by atoms with Crippen LogP contribution in [-0.2, 0) is 0 Å². The van der Waals surface area contributed by atoms with E-state index in [1.165, 1.54) is 0 Å². The van der Waals surface area contributed by atoms with Crippen LogP contribution in [0.15, 0.2) is 18.6 Å². The lowest BCUT2D eigenvalue weighted by Crippen LogP contribution is -2.19. The first-order chi connectivity index (χ1) is 6.95. The van der Waals surface area contributed by atoms with Gasteiger partial charge in [0.2, 0.25) is 0 Å². The summed E-state index contributed by atoms with van der Waals surface area (Å²) in [5.74, 6) is 1.05. The maximum absolute atomic E-state index is 4.34. The summed E-state index contributed by atoms with van der Waals surface area (Å²) in [5.41, 5.74) is 0.918. The van der Waals surface area contributed by atoms with Gasteiger partial charge in [0, 0.05) is 19.3 Å². The fraction of sp³-hybridized carbons (Fsp3) is 0.300.